The van der Waals surface area contributed by atoms with E-state index in [1.165, 1.54) is 0 Å². The largest absolute Gasteiger partial charge is 0.295 e. The summed E-state index contributed by atoms with van der Waals surface area (Å²) in [5.41, 5.74) is 1.70. The second-order valence-corrected chi connectivity index (χ2v) is 2.52. The molecule has 0 radical (unpaired) electrons. The third-order valence-corrected chi connectivity index (χ3v) is 1.88. The molecule has 1 aliphatic rings. The first-order valence-electron chi connectivity index (χ1n) is 3.45. The van der Waals surface area contributed by atoms with Gasteiger partial charge in [-0.25, -0.2) is 0 Å². The summed E-state index contributed by atoms with van der Waals surface area (Å²) in [6.45, 7) is 1.82. The van der Waals surface area contributed by atoms with Crippen LogP contribution >= 0.6 is 0 Å². The Balaban J connectivity index is 2.96. The van der Waals surface area contributed by atoms with E-state index in [1.54, 1.807) is 0 Å². The van der Waals surface area contributed by atoms with Gasteiger partial charge in [-0.05, 0) is 19.8 Å². The molecule has 0 saturated carbocycles. The second kappa shape index (κ2) is 2.70. The van der Waals surface area contributed by atoms with Crippen molar-refractivity contribution in [1.29, 1.82) is 0 Å². The minimum Gasteiger partial charge on any atom is -0.295 e. The molecule has 0 spiro atoms. The van der Waals surface area contributed by atoms with Crippen LogP contribution in [0.2, 0.25) is 0 Å². The van der Waals surface area contributed by atoms with Crippen molar-refractivity contribution in [3.63, 3.8) is 0 Å². The highest BCUT2D eigenvalue weighted by Gasteiger charge is 2.14. The van der Waals surface area contributed by atoms with Crippen LogP contribution < -0.4 is 0 Å². The maximum Gasteiger partial charge on any atom is 0.159 e. The van der Waals surface area contributed by atoms with Crippen molar-refractivity contribution in [2.24, 2.45) is 0 Å². The van der Waals surface area contributed by atoms with Gasteiger partial charge in [0.15, 0.2) is 5.78 Å². The average Bonchev–Trinajstić information content (AvgIpc) is 1.95. The fourth-order valence-corrected chi connectivity index (χ4v) is 1.15. The maximum atomic E-state index is 11.0. The lowest BCUT2D eigenvalue weighted by Gasteiger charge is -2.10. The summed E-state index contributed by atoms with van der Waals surface area (Å²) in [5.74, 6) is 2.76. The van der Waals surface area contributed by atoms with Crippen molar-refractivity contribution in [3.05, 3.63) is 11.1 Å². The molecule has 0 aliphatic heterocycles. The number of carbonyl (C=O) groups excluding carboxylic acids is 1. The topological polar surface area (TPSA) is 17.1 Å². The Hall–Kier alpha value is -1.03. The summed E-state index contributed by atoms with van der Waals surface area (Å²) in [6, 6.07) is 0. The monoisotopic (exact) mass is 134 g/mol. The van der Waals surface area contributed by atoms with Crippen LogP contribution in [0.3, 0.4) is 0 Å². The molecule has 0 amide bonds. The molecule has 0 aromatic heterocycles. The molecule has 0 bridgehead atoms. The van der Waals surface area contributed by atoms with Gasteiger partial charge in [-0.1, -0.05) is 5.92 Å². The number of rotatable bonds is 0. The van der Waals surface area contributed by atoms with E-state index in [0.29, 0.717) is 6.42 Å². The van der Waals surface area contributed by atoms with Crippen LogP contribution in [0, 0.1) is 12.3 Å². The van der Waals surface area contributed by atoms with Crippen LogP contribution in [0.4, 0.5) is 0 Å². The minimum atomic E-state index is 0.221. The van der Waals surface area contributed by atoms with Crippen LogP contribution in [0.1, 0.15) is 26.2 Å². The van der Waals surface area contributed by atoms with Crippen LogP contribution in [-0.4, -0.2) is 5.78 Å². The summed E-state index contributed by atoms with van der Waals surface area (Å²) >= 11 is 0. The first kappa shape index (κ1) is 7.08. The van der Waals surface area contributed by atoms with Gasteiger partial charge in [-0.2, -0.15) is 0 Å². The Morgan fingerprint density at radius 2 is 2.20 bits per heavy atom. The van der Waals surface area contributed by atoms with Gasteiger partial charge in [0.25, 0.3) is 0 Å². The zero-order valence-corrected chi connectivity index (χ0v) is 6.11. The van der Waals surface area contributed by atoms with Crippen molar-refractivity contribution in [3.8, 4) is 12.3 Å². The van der Waals surface area contributed by atoms with Gasteiger partial charge in [-0.3, -0.25) is 4.79 Å². The molecule has 1 rings (SSSR count). The molecule has 0 heterocycles. The van der Waals surface area contributed by atoms with Crippen LogP contribution in [0.15, 0.2) is 11.1 Å². The van der Waals surface area contributed by atoms with Gasteiger partial charge >= 0.3 is 0 Å². The molecule has 10 heavy (non-hydrogen) atoms. The average molecular weight is 134 g/mol. The summed E-state index contributed by atoms with van der Waals surface area (Å²) in [5, 5.41) is 0. The van der Waals surface area contributed by atoms with E-state index in [-0.39, 0.29) is 5.78 Å². The van der Waals surface area contributed by atoms with Crippen LogP contribution in [0.25, 0.3) is 0 Å². The van der Waals surface area contributed by atoms with Crippen molar-refractivity contribution < 1.29 is 4.79 Å². The number of terminal acetylenes is 1. The molecular formula is C9H10O. The van der Waals surface area contributed by atoms with E-state index in [9.17, 15) is 4.79 Å². The first-order valence-corrected chi connectivity index (χ1v) is 3.45. The SMILES string of the molecule is C#CC1=C(C)C(=O)CCC1. The highest BCUT2D eigenvalue weighted by atomic mass is 16.1. The number of hydrogen-bond donors (Lipinski definition) is 0. The lowest BCUT2D eigenvalue weighted by molar-refractivity contribution is -0.116. The fourth-order valence-electron chi connectivity index (χ4n) is 1.15. The number of carbonyl (C=O) groups is 1. The molecule has 0 saturated heterocycles. The van der Waals surface area contributed by atoms with E-state index in [4.69, 9.17) is 6.42 Å². The summed E-state index contributed by atoms with van der Waals surface area (Å²) in [6.07, 6.45) is 7.71. The van der Waals surface area contributed by atoms with Crippen molar-refractivity contribution in [1.82, 2.24) is 0 Å². The first-order chi connectivity index (χ1) is 4.75. The van der Waals surface area contributed by atoms with E-state index >= 15 is 0 Å². The predicted molar refractivity (Wildman–Crippen MR) is 40.4 cm³/mol. The Morgan fingerprint density at radius 3 is 2.70 bits per heavy atom. The Morgan fingerprint density at radius 1 is 1.50 bits per heavy atom. The highest BCUT2D eigenvalue weighted by molar-refractivity contribution is 5.97. The molecular weight excluding hydrogens is 124 g/mol. The fraction of sp³-hybridized carbons (Fsp3) is 0.444. The zero-order valence-electron chi connectivity index (χ0n) is 6.11. The van der Waals surface area contributed by atoms with Gasteiger partial charge in [0.2, 0.25) is 0 Å². The molecule has 0 aromatic carbocycles. The number of hydrogen-bond acceptors (Lipinski definition) is 1. The van der Waals surface area contributed by atoms with Crippen molar-refractivity contribution in [2.75, 3.05) is 0 Å². The zero-order chi connectivity index (χ0) is 7.56. The third-order valence-electron chi connectivity index (χ3n) is 1.88. The lowest BCUT2D eigenvalue weighted by Crippen LogP contribution is -2.07. The van der Waals surface area contributed by atoms with Gasteiger partial charge in [-0.15, -0.1) is 6.42 Å². The van der Waals surface area contributed by atoms with Gasteiger partial charge in [0, 0.05) is 17.6 Å². The Kier molecular flexibility index (Phi) is 1.91. The van der Waals surface area contributed by atoms with E-state index < -0.39 is 0 Å². The van der Waals surface area contributed by atoms with Gasteiger partial charge < -0.3 is 0 Å². The summed E-state index contributed by atoms with van der Waals surface area (Å²) in [4.78, 5) is 11.0. The molecule has 1 heteroatoms. The number of ketones is 1. The van der Waals surface area contributed by atoms with Gasteiger partial charge in [0.1, 0.15) is 0 Å². The molecule has 0 unspecified atom stereocenters. The smallest absolute Gasteiger partial charge is 0.159 e. The Bertz CT molecular complexity index is 228. The highest BCUT2D eigenvalue weighted by Crippen LogP contribution is 2.20. The Labute approximate surface area is 61.1 Å². The maximum absolute atomic E-state index is 11.0. The molecule has 0 aromatic rings. The molecule has 0 N–H and O–H groups in total. The standard InChI is InChI=1S/C9H10O/c1-3-8-5-4-6-9(10)7(8)2/h1H,4-6H2,2H3. The molecule has 52 valence electrons. The van der Waals surface area contributed by atoms with E-state index in [1.807, 2.05) is 6.92 Å². The van der Waals surface area contributed by atoms with Gasteiger partial charge in [0.05, 0.1) is 0 Å². The van der Waals surface area contributed by atoms with E-state index in [0.717, 1.165) is 24.0 Å². The molecule has 1 nitrogen and oxygen atoms in total. The normalized spacial score (nSPS) is 19.0. The molecule has 0 atom stereocenters. The second-order valence-electron chi connectivity index (χ2n) is 2.52. The number of Topliss-reactive ketones (excluding diaryl/α,β-unsaturated/α-hetero) is 1. The van der Waals surface area contributed by atoms with Crippen molar-refractivity contribution in [2.45, 2.75) is 26.2 Å². The number of allylic oxidation sites excluding steroid dienone is 2. The van der Waals surface area contributed by atoms with Crippen LogP contribution in [-0.2, 0) is 4.79 Å². The molecule has 0 fully saturated rings. The quantitative estimate of drug-likeness (QED) is 0.461. The summed E-state index contributed by atoms with van der Waals surface area (Å²) < 4.78 is 0. The minimum absolute atomic E-state index is 0.221. The molecule has 1 aliphatic carbocycles. The van der Waals surface area contributed by atoms with E-state index in [2.05, 4.69) is 5.92 Å². The third kappa shape index (κ3) is 1.11. The summed E-state index contributed by atoms with van der Waals surface area (Å²) in [7, 11) is 0. The lowest BCUT2D eigenvalue weighted by atomic mass is 9.92. The van der Waals surface area contributed by atoms with Crippen molar-refractivity contribution >= 4 is 5.78 Å². The predicted octanol–water partition coefficient (Wildman–Crippen LogP) is 1.69. The van der Waals surface area contributed by atoms with Crippen LogP contribution in [0.5, 0.6) is 0 Å².